The average molecular weight is 278 g/mol. The molecule has 0 aromatic heterocycles. The molecule has 1 saturated carbocycles. The van der Waals surface area contributed by atoms with Crippen LogP contribution in [0.3, 0.4) is 0 Å². The summed E-state index contributed by atoms with van der Waals surface area (Å²) in [5.74, 6) is 1.38. The molecular weight excluding hydrogens is 256 g/mol. The Kier molecular flexibility index (Phi) is 4.37. The highest BCUT2D eigenvalue weighted by Crippen LogP contribution is 2.47. The second-order valence-electron chi connectivity index (χ2n) is 5.03. The summed E-state index contributed by atoms with van der Waals surface area (Å²) in [6, 6.07) is 5.68. The van der Waals surface area contributed by atoms with Crippen LogP contribution in [-0.2, 0) is 5.54 Å². The second-order valence-corrected chi connectivity index (χ2v) is 5.03. The number of urea groups is 1. The van der Waals surface area contributed by atoms with Crippen molar-refractivity contribution in [3.63, 3.8) is 0 Å². The average Bonchev–Trinajstić information content (AvgIpc) is 3.25. The van der Waals surface area contributed by atoms with Gasteiger partial charge in [0.15, 0.2) is 11.5 Å². The topological polar surface area (TPSA) is 59.6 Å². The fourth-order valence-electron chi connectivity index (χ4n) is 2.24. The predicted octanol–water partition coefficient (Wildman–Crippen LogP) is 2.40. The number of amides is 2. The maximum atomic E-state index is 11.8. The maximum Gasteiger partial charge on any atom is 0.315 e. The van der Waals surface area contributed by atoms with Gasteiger partial charge in [-0.05, 0) is 37.0 Å². The molecule has 0 aliphatic heterocycles. The molecule has 0 unspecified atom stereocenters. The van der Waals surface area contributed by atoms with Gasteiger partial charge in [-0.3, -0.25) is 0 Å². The molecule has 5 heteroatoms. The molecule has 1 aliphatic carbocycles. The van der Waals surface area contributed by atoms with Gasteiger partial charge in [-0.25, -0.2) is 4.79 Å². The number of carbonyl (C=O) groups is 1. The number of nitrogens with one attached hydrogen (secondary N) is 2. The quantitative estimate of drug-likeness (QED) is 0.840. The van der Waals surface area contributed by atoms with Crippen LogP contribution < -0.4 is 20.1 Å². The van der Waals surface area contributed by atoms with Gasteiger partial charge in [0.05, 0.1) is 19.8 Å². The molecule has 110 valence electrons. The van der Waals surface area contributed by atoms with Crippen LogP contribution in [0.2, 0.25) is 0 Å². The van der Waals surface area contributed by atoms with Gasteiger partial charge in [0, 0.05) is 6.54 Å². The lowest BCUT2D eigenvalue weighted by atomic mass is 10.0. The Labute approximate surface area is 119 Å². The number of rotatable bonds is 6. The summed E-state index contributed by atoms with van der Waals surface area (Å²) in [6.45, 7) is 2.72. The maximum absolute atomic E-state index is 11.8. The number of ether oxygens (including phenoxy) is 2. The van der Waals surface area contributed by atoms with Gasteiger partial charge >= 0.3 is 6.03 Å². The normalized spacial score (nSPS) is 15.3. The highest BCUT2D eigenvalue weighted by Gasteiger charge is 2.46. The standard InChI is InChI=1S/C15H22N2O3/c1-4-9-16-14(18)17-15(7-8-15)11-5-6-12(19-2)13(10-11)20-3/h5-6,10H,4,7-9H2,1-3H3,(H2,16,17,18). The summed E-state index contributed by atoms with van der Waals surface area (Å²) >= 11 is 0. The monoisotopic (exact) mass is 278 g/mol. The summed E-state index contributed by atoms with van der Waals surface area (Å²) in [6.07, 6.45) is 2.82. The van der Waals surface area contributed by atoms with Crippen molar-refractivity contribution in [1.82, 2.24) is 10.6 Å². The van der Waals surface area contributed by atoms with Crippen LogP contribution in [0.5, 0.6) is 11.5 Å². The zero-order valence-electron chi connectivity index (χ0n) is 12.3. The van der Waals surface area contributed by atoms with Gasteiger partial charge in [0.25, 0.3) is 0 Å². The highest BCUT2D eigenvalue weighted by molar-refractivity contribution is 5.75. The van der Waals surface area contributed by atoms with Crippen molar-refractivity contribution in [3.05, 3.63) is 23.8 Å². The van der Waals surface area contributed by atoms with Gasteiger partial charge in [0.1, 0.15) is 0 Å². The number of benzene rings is 1. The van der Waals surface area contributed by atoms with Crippen molar-refractivity contribution in [2.45, 2.75) is 31.7 Å². The van der Waals surface area contributed by atoms with Gasteiger partial charge in [0.2, 0.25) is 0 Å². The Morgan fingerprint density at radius 2 is 1.95 bits per heavy atom. The van der Waals surface area contributed by atoms with Crippen molar-refractivity contribution < 1.29 is 14.3 Å². The molecule has 0 saturated heterocycles. The van der Waals surface area contributed by atoms with E-state index in [1.54, 1.807) is 14.2 Å². The highest BCUT2D eigenvalue weighted by atomic mass is 16.5. The molecule has 1 aromatic carbocycles. The van der Waals surface area contributed by atoms with Crippen LogP contribution in [0, 0.1) is 0 Å². The summed E-state index contributed by atoms with van der Waals surface area (Å²) in [5.41, 5.74) is 0.805. The second kappa shape index (κ2) is 6.03. The van der Waals surface area contributed by atoms with E-state index in [2.05, 4.69) is 10.6 Å². The molecule has 1 aliphatic rings. The molecule has 0 radical (unpaired) electrons. The lowest BCUT2D eigenvalue weighted by molar-refractivity contribution is 0.235. The van der Waals surface area contributed by atoms with Gasteiger partial charge in [-0.15, -0.1) is 0 Å². The molecule has 5 nitrogen and oxygen atoms in total. The lowest BCUT2D eigenvalue weighted by Gasteiger charge is -2.20. The molecule has 20 heavy (non-hydrogen) atoms. The van der Waals surface area contributed by atoms with Crippen LogP contribution in [0.4, 0.5) is 4.79 Å². The van der Waals surface area contributed by atoms with Crippen molar-refractivity contribution in [3.8, 4) is 11.5 Å². The van der Waals surface area contributed by atoms with Gasteiger partial charge < -0.3 is 20.1 Å². The predicted molar refractivity (Wildman–Crippen MR) is 77.3 cm³/mol. The van der Waals surface area contributed by atoms with E-state index in [1.165, 1.54) is 0 Å². The number of hydrogen-bond acceptors (Lipinski definition) is 3. The minimum atomic E-state index is -0.253. The molecule has 1 fully saturated rings. The first kappa shape index (κ1) is 14.5. The zero-order chi connectivity index (χ0) is 14.6. The molecule has 0 bridgehead atoms. The number of methoxy groups -OCH3 is 2. The van der Waals surface area contributed by atoms with Gasteiger partial charge in [-0.2, -0.15) is 0 Å². The third-order valence-corrected chi connectivity index (χ3v) is 3.57. The largest absolute Gasteiger partial charge is 0.493 e. The summed E-state index contributed by atoms with van der Waals surface area (Å²) < 4.78 is 10.6. The smallest absolute Gasteiger partial charge is 0.315 e. The van der Waals surface area contributed by atoms with Crippen LogP contribution in [-0.4, -0.2) is 26.8 Å². The number of carbonyl (C=O) groups excluding carboxylic acids is 1. The van der Waals surface area contributed by atoms with Crippen LogP contribution in [0.15, 0.2) is 18.2 Å². The minimum Gasteiger partial charge on any atom is -0.493 e. The van der Waals surface area contributed by atoms with Crippen LogP contribution in [0.25, 0.3) is 0 Å². The third kappa shape index (κ3) is 2.98. The summed E-state index contributed by atoms with van der Waals surface area (Å²) in [5, 5.41) is 5.90. The molecular formula is C15H22N2O3. The van der Waals surface area contributed by atoms with Crippen LogP contribution in [0.1, 0.15) is 31.7 Å². The molecule has 0 atom stereocenters. The van der Waals surface area contributed by atoms with E-state index in [-0.39, 0.29) is 11.6 Å². The number of hydrogen-bond donors (Lipinski definition) is 2. The molecule has 0 heterocycles. The SMILES string of the molecule is CCCNC(=O)NC1(c2ccc(OC)c(OC)c2)CC1. The van der Waals surface area contributed by atoms with E-state index >= 15 is 0 Å². The first-order valence-electron chi connectivity index (χ1n) is 6.93. The summed E-state index contributed by atoms with van der Waals surface area (Å²) in [7, 11) is 3.23. The lowest BCUT2D eigenvalue weighted by Crippen LogP contribution is -2.42. The molecule has 2 rings (SSSR count). The van der Waals surface area contributed by atoms with Gasteiger partial charge in [-0.1, -0.05) is 13.0 Å². The van der Waals surface area contributed by atoms with E-state index in [9.17, 15) is 4.79 Å². The van der Waals surface area contributed by atoms with Crippen molar-refractivity contribution in [1.29, 1.82) is 0 Å². The minimum absolute atomic E-state index is 0.112. The third-order valence-electron chi connectivity index (χ3n) is 3.57. The first-order chi connectivity index (χ1) is 9.65. The fraction of sp³-hybridized carbons (Fsp3) is 0.533. The van der Waals surface area contributed by atoms with E-state index < -0.39 is 0 Å². The molecule has 2 amide bonds. The van der Waals surface area contributed by atoms with Crippen LogP contribution >= 0.6 is 0 Å². The van der Waals surface area contributed by atoms with E-state index in [0.717, 1.165) is 24.8 Å². The molecule has 2 N–H and O–H groups in total. The molecule has 1 aromatic rings. The zero-order valence-corrected chi connectivity index (χ0v) is 12.3. The van der Waals surface area contributed by atoms with E-state index in [0.29, 0.717) is 18.0 Å². The van der Waals surface area contributed by atoms with Crippen molar-refractivity contribution in [2.24, 2.45) is 0 Å². The molecule has 0 spiro atoms. The Balaban J connectivity index is 2.12. The van der Waals surface area contributed by atoms with E-state index in [4.69, 9.17) is 9.47 Å². The van der Waals surface area contributed by atoms with Crippen molar-refractivity contribution in [2.75, 3.05) is 20.8 Å². The Bertz CT molecular complexity index is 484. The Morgan fingerprint density at radius 1 is 1.25 bits per heavy atom. The Morgan fingerprint density at radius 3 is 2.50 bits per heavy atom. The Hall–Kier alpha value is -1.91. The fourth-order valence-corrected chi connectivity index (χ4v) is 2.24. The summed E-state index contributed by atoms with van der Waals surface area (Å²) in [4.78, 5) is 11.8. The first-order valence-corrected chi connectivity index (χ1v) is 6.93. The van der Waals surface area contributed by atoms with E-state index in [1.807, 2.05) is 25.1 Å². The van der Waals surface area contributed by atoms with Crippen molar-refractivity contribution >= 4 is 6.03 Å².